The zero-order valence-electron chi connectivity index (χ0n) is 22.8. The molecular weight excluding hydrogens is 594 g/mol. The van der Waals surface area contributed by atoms with Crippen LogP contribution in [0.1, 0.15) is 51.4 Å². The van der Waals surface area contributed by atoms with Gasteiger partial charge in [0.05, 0.1) is 34.4 Å². The van der Waals surface area contributed by atoms with Gasteiger partial charge in [0.2, 0.25) is 5.13 Å². The molecule has 218 valence electrons. The molecule has 0 aliphatic heterocycles. The molecule has 5 aromatic rings. The van der Waals surface area contributed by atoms with Crippen LogP contribution in [0.5, 0.6) is 0 Å². The highest BCUT2D eigenvalue weighted by Gasteiger charge is 2.29. The molecule has 43 heavy (non-hydrogen) atoms. The van der Waals surface area contributed by atoms with Gasteiger partial charge in [0.15, 0.2) is 5.69 Å². The molecule has 1 atom stereocenters. The van der Waals surface area contributed by atoms with Crippen LogP contribution >= 0.6 is 11.3 Å². The number of thiazole rings is 1. The van der Waals surface area contributed by atoms with Crippen LogP contribution in [0, 0.1) is 29.4 Å². The Morgan fingerprint density at radius 2 is 2.00 bits per heavy atom. The highest BCUT2D eigenvalue weighted by atomic mass is 32.2. The number of nitrogens with two attached hydrogens (primary N) is 1. The van der Waals surface area contributed by atoms with E-state index >= 15 is 0 Å². The summed E-state index contributed by atoms with van der Waals surface area (Å²) in [6.07, 6.45) is 6.15. The number of rotatable bonds is 8. The fraction of sp³-hybridized carbons (Fsp3) is 0.200. The fourth-order valence-corrected chi connectivity index (χ4v) is 5.95. The summed E-state index contributed by atoms with van der Waals surface area (Å²) in [5, 5.41) is 21.6. The molecule has 0 radical (unpaired) electrons. The lowest BCUT2D eigenvalue weighted by Gasteiger charge is -2.10. The van der Waals surface area contributed by atoms with E-state index < -0.39 is 28.6 Å². The zero-order chi connectivity index (χ0) is 30.2. The lowest BCUT2D eigenvalue weighted by atomic mass is 9.96. The Hall–Kier alpha value is -4.51. The Balaban J connectivity index is 1.51. The van der Waals surface area contributed by atoms with Crippen LogP contribution < -0.4 is 5.14 Å². The first-order chi connectivity index (χ1) is 20.7. The number of benzene rings is 2. The van der Waals surface area contributed by atoms with Gasteiger partial charge in [0, 0.05) is 30.0 Å². The van der Waals surface area contributed by atoms with E-state index in [4.69, 9.17) is 10.2 Å². The second-order valence-corrected chi connectivity index (χ2v) is 12.1. The standard InChI is InChI=1S/C30H24F2N6O3S2/c1-37-16-34-14-21(37)7-5-19-13-20(6-8-23(19)31)28-22(10-18-4-9-27(43(33)41)24(32)11-18)26(12-17-2-3-17)38(36-28)30-35-25(15-42-30)29(39)40/h4,6,8-9,11,13-17H,2-3,10,12,33H2,1H3,(H,39,40). The number of aryl methyl sites for hydroxylation is 1. The SMILES string of the molecule is Cn1cncc1C#Cc1cc(-c2nn(-c3nc(C(=O)O)cs3)c(CC3CC3)c2Cc2ccc(S(N)=O)c(F)c2)ccc1F. The van der Waals surface area contributed by atoms with E-state index in [2.05, 4.69) is 21.8 Å². The molecule has 1 fully saturated rings. The molecule has 13 heteroatoms. The first-order valence-corrected chi connectivity index (χ1v) is 15.3. The first kappa shape index (κ1) is 28.6. The maximum atomic E-state index is 14.9. The summed E-state index contributed by atoms with van der Waals surface area (Å²) in [6.45, 7) is 0. The van der Waals surface area contributed by atoms with Gasteiger partial charge in [-0.25, -0.2) is 37.6 Å². The van der Waals surface area contributed by atoms with Gasteiger partial charge in [-0.05, 0) is 67.0 Å². The van der Waals surface area contributed by atoms with E-state index in [1.165, 1.54) is 23.6 Å². The Bertz CT molecular complexity index is 1970. The minimum Gasteiger partial charge on any atom is -0.476 e. The summed E-state index contributed by atoms with van der Waals surface area (Å²) in [7, 11) is -0.185. The minimum atomic E-state index is -1.98. The van der Waals surface area contributed by atoms with Gasteiger partial charge in [-0.15, -0.1) is 11.3 Å². The number of carbonyl (C=O) groups is 1. The molecule has 0 amide bonds. The maximum Gasteiger partial charge on any atom is 0.355 e. The second kappa shape index (κ2) is 11.6. The van der Waals surface area contributed by atoms with E-state index in [9.17, 15) is 22.9 Å². The third-order valence-corrected chi connectivity index (χ3v) is 8.72. The van der Waals surface area contributed by atoms with Crippen LogP contribution in [0.3, 0.4) is 0 Å². The van der Waals surface area contributed by atoms with Crippen LogP contribution in [0.15, 0.2) is 59.2 Å². The maximum absolute atomic E-state index is 14.9. The third kappa shape index (κ3) is 6.03. The zero-order valence-corrected chi connectivity index (χ0v) is 24.4. The minimum absolute atomic E-state index is 0.0991. The molecule has 3 aromatic heterocycles. The topological polar surface area (TPSA) is 129 Å². The van der Waals surface area contributed by atoms with Gasteiger partial charge in [0.25, 0.3) is 0 Å². The van der Waals surface area contributed by atoms with Gasteiger partial charge >= 0.3 is 5.97 Å². The van der Waals surface area contributed by atoms with Gasteiger partial charge < -0.3 is 9.67 Å². The van der Waals surface area contributed by atoms with Crippen LogP contribution in [-0.2, 0) is 30.9 Å². The Morgan fingerprint density at radius 1 is 1.19 bits per heavy atom. The smallest absolute Gasteiger partial charge is 0.355 e. The Morgan fingerprint density at radius 3 is 2.65 bits per heavy atom. The summed E-state index contributed by atoms with van der Waals surface area (Å²) in [5.41, 5.74) is 3.93. The summed E-state index contributed by atoms with van der Waals surface area (Å²) in [4.78, 5) is 19.8. The molecule has 2 aromatic carbocycles. The number of carboxylic acids is 1. The fourth-order valence-electron chi connectivity index (χ4n) is 4.72. The molecular formula is C30H24F2N6O3S2. The molecule has 9 nitrogen and oxygen atoms in total. The number of nitrogens with zero attached hydrogens (tertiary/aromatic N) is 5. The van der Waals surface area contributed by atoms with E-state index in [0.717, 1.165) is 35.4 Å². The number of aromatic carboxylic acids is 1. The number of carboxylic acid groups (broad SMARTS) is 1. The number of halogens is 2. The van der Waals surface area contributed by atoms with Crippen molar-refractivity contribution in [2.75, 3.05) is 0 Å². The number of hydrogen-bond donors (Lipinski definition) is 2. The molecule has 0 saturated heterocycles. The van der Waals surface area contributed by atoms with Gasteiger partial charge in [-0.2, -0.15) is 5.10 Å². The number of aromatic nitrogens is 5. The van der Waals surface area contributed by atoms with Gasteiger partial charge in [-0.3, -0.25) is 0 Å². The van der Waals surface area contributed by atoms with Crippen molar-refractivity contribution in [3.63, 3.8) is 0 Å². The van der Waals surface area contributed by atoms with Gasteiger partial charge in [-0.1, -0.05) is 12.0 Å². The van der Waals surface area contributed by atoms with Crippen LogP contribution in [-0.4, -0.2) is 39.6 Å². The predicted octanol–water partition coefficient (Wildman–Crippen LogP) is 4.63. The molecule has 3 N–H and O–H groups in total. The average Bonchev–Trinajstić information content (AvgIpc) is 3.32. The van der Waals surface area contributed by atoms with E-state index in [1.54, 1.807) is 47.0 Å². The molecule has 1 aliphatic carbocycles. The highest BCUT2D eigenvalue weighted by molar-refractivity contribution is 7.82. The third-order valence-electron chi connectivity index (χ3n) is 7.14. The highest BCUT2D eigenvalue weighted by Crippen LogP contribution is 2.38. The largest absolute Gasteiger partial charge is 0.476 e. The molecule has 3 heterocycles. The van der Waals surface area contributed by atoms with Crippen molar-refractivity contribution < 1.29 is 22.9 Å². The molecule has 0 spiro atoms. The van der Waals surface area contributed by atoms with Gasteiger partial charge in [0.1, 0.15) is 28.3 Å². The van der Waals surface area contributed by atoms with E-state index in [0.29, 0.717) is 40.0 Å². The van der Waals surface area contributed by atoms with Crippen LogP contribution in [0.4, 0.5) is 8.78 Å². The van der Waals surface area contributed by atoms with Crippen molar-refractivity contribution in [1.29, 1.82) is 0 Å². The van der Waals surface area contributed by atoms with Crippen molar-refractivity contribution in [3.8, 4) is 28.2 Å². The Labute approximate surface area is 251 Å². The monoisotopic (exact) mass is 618 g/mol. The lowest BCUT2D eigenvalue weighted by molar-refractivity contribution is 0.0691. The van der Waals surface area contributed by atoms with Crippen molar-refractivity contribution in [2.24, 2.45) is 18.1 Å². The summed E-state index contributed by atoms with van der Waals surface area (Å²) in [5.74, 6) is 3.89. The van der Waals surface area contributed by atoms with Crippen LogP contribution in [0.2, 0.25) is 0 Å². The lowest BCUT2D eigenvalue weighted by Crippen LogP contribution is -2.07. The number of imidazole rings is 1. The molecule has 0 bridgehead atoms. The van der Waals surface area contributed by atoms with Crippen molar-refractivity contribution >= 4 is 28.3 Å². The van der Waals surface area contributed by atoms with Crippen molar-refractivity contribution in [1.82, 2.24) is 24.3 Å². The summed E-state index contributed by atoms with van der Waals surface area (Å²) in [6, 6.07) is 8.89. The van der Waals surface area contributed by atoms with Crippen LogP contribution in [0.25, 0.3) is 16.4 Å². The average molecular weight is 619 g/mol. The molecule has 6 rings (SSSR count). The molecule has 1 aliphatic rings. The first-order valence-electron chi connectivity index (χ1n) is 13.2. The van der Waals surface area contributed by atoms with E-state index in [-0.39, 0.29) is 22.6 Å². The van der Waals surface area contributed by atoms with E-state index in [1.807, 2.05) is 0 Å². The van der Waals surface area contributed by atoms with Crippen molar-refractivity contribution in [3.05, 3.63) is 99.7 Å². The summed E-state index contributed by atoms with van der Waals surface area (Å²) >= 11 is 1.15. The Kier molecular flexibility index (Phi) is 7.74. The molecule has 1 saturated carbocycles. The summed E-state index contributed by atoms with van der Waals surface area (Å²) < 4.78 is 44.8. The quantitative estimate of drug-likeness (QED) is 0.244. The second-order valence-electron chi connectivity index (χ2n) is 10.2. The number of hydrogen-bond acceptors (Lipinski definition) is 6. The predicted molar refractivity (Wildman–Crippen MR) is 157 cm³/mol. The van der Waals surface area contributed by atoms with Crippen molar-refractivity contribution in [2.45, 2.75) is 30.6 Å². The normalized spacial score (nSPS) is 13.5. The molecule has 1 unspecified atom stereocenters.